The molecule has 0 atom stereocenters. The first-order chi connectivity index (χ1) is 13.5. The number of nitrogens with zero attached hydrogens (tertiary/aromatic N) is 2. The fourth-order valence-electron chi connectivity index (χ4n) is 3.59. The Labute approximate surface area is 168 Å². The van der Waals surface area contributed by atoms with Crippen molar-refractivity contribution in [2.24, 2.45) is 0 Å². The average molecular weight is 421 g/mol. The summed E-state index contributed by atoms with van der Waals surface area (Å²) in [6.45, 7) is 1.78. The molecule has 1 amide bonds. The summed E-state index contributed by atoms with van der Waals surface area (Å²) in [6, 6.07) is 10.1. The molecule has 2 aliphatic rings. The lowest BCUT2D eigenvalue weighted by Crippen LogP contribution is -2.37. The van der Waals surface area contributed by atoms with E-state index in [-0.39, 0.29) is 10.8 Å². The van der Waals surface area contributed by atoms with Gasteiger partial charge in [0, 0.05) is 35.8 Å². The number of likely N-dealkylation sites (tertiary alicyclic amines) is 1. The standard InChI is InChI=1S/C20H21FN2O3S2/c21-16-5-7-17(8-6-16)28(25,26)23-12-13-27-19-9-4-15(14-18(19)23)20(24)22-10-2-1-3-11-22/h4-9,14H,1-3,10-13H2. The van der Waals surface area contributed by atoms with Crippen LogP contribution in [0.5, 0.6) is 0 Å². The number of piperidine rings is 1. The molecule has 2 heterocycles. The van der Waals surface area contributed by atoms with Crippen molar-refractivity contribution in [2.45, 2.75) is 29.1 Å². The van der Waals surface area contributed by atoms with Crippen molar-refractivity contribution in [3.63, 3.8) is 0 Å². The fourth-order valence-corrected chi connectivity index (χ4v) is 6.21. The minimum Gasteiger partial charge on any atom is -0.339 e. The molecule has 0 aromatic heterocycles. The van der Waals surface area contributed by atoms with Crippen molar-refractivity contribution in [2.75, 3.05) is 29.7 Å². The largest absolute Gasteiger partial charge is 0.339 e. The van der Waals surface area contributed by atoms with Gasteiger partial charge in [-0.15, -0.1) is 11.8 Å². The van der Waals surface area contributed by atoms with E-state index in [0.717, 1.165) is 49.4 Å². The molecule has 2 aromatic rings. The molecule has 5 nitrogen and oxygen atoms in total. The minimum absolute atomic E-state index is 0.0412. The lowest BCUT2D eigenvalue weighted by molar-refractivity contribution is 0.0724. The molecule has 0 spiro atoms. The predicted octanol–water partition coefficient (Wildman–Crippen LogP) is 3.75. The highest BCUT2D eigenvalue weighted by molar-refractivity contribution is 8.00. The number of carbonyl (C=O) groups is 1. The molecule has 2 aliphatic heterocycles. The van der Waals surface area contributed by atoms with Gasteiger partial charge in [-0.05, 0) is 61.7 Å². The van der Waals surface area contributed by atoms with Crippen molar-refractivity contribution in [1.82, 2.24) is 4.90 Å². The number of hydrogen-bond acceptors (Lipinski definition) is 4. The fraction of sp³-hybridized carbons (Fsp3) is 0.350. The van der Waals surface area contributed by atoms with Gasteiger partial charge in [0.05, 0.1) is 10.6 Å². The Kier molecular flexibility index (Phi) is 5.33. The van der Waals surface area contributed by atoms with E-state index in [0.29, 0.717) is 23.5 Å². The maximum absolute atomic E-state index is 13.2. The lowest BCUT2D eigenvalue weighted by Gasteiger charge is -2.31. The van der Waals surface area contributed by atoms with Gasteiger partial charge >= 0.3 is 0 Å². The lowest BCUT2D eigenvalue weighted by atomic mass is 10.1. The Morgan fingerprint density at radius 1 is 0.964 bits per heavy atom. The second-order valence-corrected chi connectivity index (χ2v) is 9.91. The van der Waals surface area contributed by atoms with Gasteiger partial charge in [-0.3, -0.25) is 9.10 Å². The number of halogens is 1. The van der Waals surface area contributed by atoms with Crippen molar-refractivity contribution in [3.05, 3.63) is 53.8 Å². The Hall–Kier alpha value is -2.06. The number of fused-ring (bicyclic) bond motifs is 1. The zero-order valence-corrected chi connectivity index (χ0v) is 16.9. The van der Waals surface area contributed by atoms with Crippen LogP contribution < -0.4 is 4.31 Å². The molecule has 148 valence electrons. The van der Waals surface area contributed by atoms with E-state index in [1.165, 1.54) is 16.4 Å². The van der Waals surface area contributed by atoms with Gasteiger partial charge in [-0.25, -0.2) is 12.8 Å². The second kappa shape index (κ2) is 7.75. The van der Waals surface area contributed by atoms with Gasteiger partial charge in [0.2, 0.25) is 0 Å². The number of rotatable bonds is 3. The molecule has 1 saturated heterocycles. The maximum atomic E-state index is 13.2. The van der Waals surface area contributed by atoms with Crippen molar-refractivity contribution in [3.8, 4) is 0 Å². The first kappa shape index (κ1) is 19.3. The van der Waals surface area contributed by atoms with Crippen LogP contribution in [0.15, 0.2) is 52.3 Å². The number of sulfonamides is 1. The third-order valence-corrected chi connectivity index (χ3v) is 7.94. The van der Waals surface area contributed by atoms with Gasteiger partial charge in [0.1, 0.15) is 5.82 Å². The highest BCUT2D eigenvalue weighted by Crippen LogP contribution is 2.38. The Balaban J connectivity index is 1.70. The average Bonchev–Trinajstić information content (AvgIpc) is 2.73. The van der Waals surface area contributed by atoms with Crippen LogP contribution >= 0.6 is 11.8 Å². The Bertz CT molecular complexity index is 987. The number of amides is 1. The molecule has 0 saturated carbocycles. The molecular formula is C20H21FN2O3S2. The Morgan fingerprint density at radius 3 is 2.39 bits per heavy atom. The third-order valence-electron chi connectivity index (χ3n) is 5.07. The SMILES string of the molecule is O=C(c1ccc2c(c1)N(S(=O)(=O)c1ccc(F)cc1)CCS2)N1CCCCC1. The number of anilines is 1. The number of hydrogen-bond donors (Lipinski definition) is 0. The van der Waals surface area contributed by atoms with E-state index in [9.17, 15) is 17.6 Å². The summed E-state index contributed by atoms with van der Waals surface area (Å²) < 4.78 is 40.8. The van der Waals surface area contributed by atoms with Gasteiger partial charge < -0.3 is 4.90 Å². The van der Waals surface area contributed by atoms with E-state index in [1.54, 1.807) is 23.9 Å². The summed E-state index contributed by atoms with van der Waals surface area (Å²) in [5.74, 6) is 0.0764. The molecule has 0 radical (unpaired) electrons. The summed E-state index contributed by atoms with van der Waals surface area (Å²) in [4.78, 5) is 15.6. The molecule has 0 unspecified atom stereocenters. The summed E-state index contributed by atoms with van der Waals surface area (Å²) in [7, 11) is -3.83. The van der Waals surface area contributed by atoms with Crippen LogP contribution in [-0.4, -0.2) is 44.6 Å². The van der Waals surface area contributed by atoms with Crippen molar-refractivity contribution in [1.29, 1.82) is 0 Å². The van der Waals surface area contributed by atoms with E-state index >= 15 is 0 Å². The number of benzene rings is 2. The second-order valence-electron chi connectivity index (χ2n) is 6.91. The molecule has 2 aromatic carbocycles. The summed E-state index contributed by atoms with van der Waals surface area (Å²) in [5.41, 5.74) is 1.02. The monoisotopic (exact) mass is 420 g/mol. The smallest absolute Gasteiger partial charge is 0.264 e. The van der Waals surface area contributed by atoms with Crippen LogP contribution in [0.4, 0.5) is 10.1 Å². The van der Waals surface area contributed by atoms with E-state index < -0.39 is 15.8 Å². The van der Waals surface area contributed by atoms with Crippen LogP contribution in [0.25, 0.3) is 0 Å². The van der Waals surface area contributed by atoms with Gasteiger partial charge in [0.15, 0.2) is 0 Å². The maximum Gasteiger partial charge on any atom is 0.264 e. The molecule has 28 heavy (non-hydrogen) atoms. The van der Waals surface area contributed by atoms with Crippen LogP contribution in [-0.2, 0) is 10.0 Å². The Morgan fingerprint density at radius 2 is 1.68 bits per heavy atom. The topological polar surface area (TPSA) is 57.7 Å². The van der Waals surface area contributed by atoms with Gasteiger partial charge in [-0.1, -0.05) is 0 Å². The zero-order valence-electron chi connectivity index (χ0n) is 15.3. The van der Waals surface area contributed by atoms with E-state index in [4.69, 9.17) is 0 Å². The molecule has 8 heteroatoms. The molecule has 1 fully saturated rings. The summed E-state index contributed by atoms with van der Waals surface area (Å²) in [6.07, 6.45) is 3.13. The first-order valence-electron chi connectivity index (χ1n) is 9.31. The number of thioether (sulfide) groups is 1. The van der Waals surface area contributed by atoms with Gasteiger partial charge in [-0.2, -0.15) is 0 Å². The minimum atomic E-state index is -3.83. The quantitative estimate of drug-likeness (QED) is 0.759. The highest BCUT2D eigenvalue weighted by Gasteiger charge is 2.31. The summed E-state index contributed by atoms with van der Waals surface area (Å²) in [5, 5.41) is 0. The molecule has 4 rings (SSSR count). The highest BCUT2D eigenvalue weighted by atomic mass is 32.2. The van der Waals surface area contributed by atoms with Gasteiger partial charge in [0.25, 0.3) is 15.9 Å². The number of carbonyl (C=O) groups excluding carboxylic acids is 1. The van der Waals surface area contributed by atoms with Crippen LogP contribution in [0.2, 0.25) is 0 Å². The molecular weight excluding hydrogens is 399 g/mol. The predicted molar refractivity (Wildman–Crippen MR) is 108 cm³/mol. The first-order valence-corrected chi connectivity index (χ1v) is 11.7. The zero-order chi connectivity index (χ0) is 19.7. The van der Waals surface area contributed by atoms with Crippen LogP contribution in [0.3, 0.4) is 0 Å². The van der Waals surface area contributed by atoms with Crippen molar-refractivity contribution < 1.29 is 17.6 Å². The van der Waals surface area contributed by atoms with Crippen LogP contribution in [0, 0.1) is 5.82 Å². The molecule has 0 bridgehead atoms. The molecule has 0 aliphatic carbocycles. The molecule has 0 N–H and O–H groups in total. The van der Waals surface area contributed by atoms with Crippen molar-refractivity contribution >= 4 is 33.4 Å². The van der Waals surface area contributed by atoms with Crippen LogP contribution in [0.1, 0.15) is 29.6 Å². The van der Waals surface area contributed by atoms with E-state index in [1.807, 2.05) is 11.0 Å². The third kappa shape index (κ3) is 3.63. The summed E-state index contributed by atoms with van der Waals surface area (Å²) >= 11 is 1.57. The van der Waals surface area contributed by atoms with E-state index in [2.05, 4.69) is 0 Å². The normalized spacial score (nSPS) is 17.3.